The second-order valence-electron chi connectivity index (χ2n) is 7.75. The molecule has 7 heteroatoms. The van der Waals surface area contributed by atoms with E-state index in [0.717, 1.165) is 43.0 Å². The fraction of sp³-hybridized carbons (Fsp3) is 0.240. The minimum atomic E-state index is -1.45. The molecule has 0 radical (unpaired) electrons. The molecule has 162 valence electrons. The number of esters is 1. The summed E-state index contributed by atoms with van der Waals surface area (Å²) in [4.78, 5) is 29.8. The van der Waals surface area contributed by atoms with Gasteiger partial charge in [-0.25, -0.2) is 9.78 Å². The van der Waals surface area contributed by atoms with Gasteiger partial charge in [-0.05, 0) is 47.5 Å². The Bertz CT molecular complexity index is 1510. The third-order valence-electron chi connectivity index (χ3n) is 6.18. The van der Waals surface area contributed by atoms with Crippen molar-refractivity contribution in [2.75, 3.05) is 0 Å². The number of hydrogen-bond acceptors (Lipinski definition) is 5. The Hall–Kier alpha value is -3.03. The van der Waals surface area contributed by atoms with Gasteiger partial charge >= 0.3 is 5.97 Å². The monoisotopic (exact) mass is 492 g/mol. The van der Waals surface area contributed by atoms with Gasteiger partial charge in [0.15, 0.2) is 6.10 Å². The molecule has 0 bridgehead atoms. The summed E-state index contributed by atoms with van der Waals surface area (Å²) in [6.07, 6.45) is -1.45. The molecule has 6 rings (SSSR count). The smallest absolute Gasteiger partial charge is 0.340 e. The van der Waals surface area contributed by atoms with Crippen molar-refractivity contribution in [1.29, 1.82) is 0 Å². The first-order valence-electron chi connectivity index (χ1n) is 10.6. The van der Waals surface area contributed by atoms with Crippen LogP contribution in [0.1, 0.15) is 42.2 Å². The number of halogens is 1. The number of ether oxygens (including phenoxy) is 1. The predicted molar refractivity (Wildman–Crippen MR) is 127 cm³/mol. The van der Waals surface area contributed by atoms with Crippen LogP contribution in [0.3, 0.4) is 0 Å². The summed E-state index contributed by atoms with van der Waals surface area (Å²) in [6.45, 7) is 6.34. The van der Waals surface area contributed by atoms with Gasteiger partial charge in [-0.3, -0.25) is 4.79 Å². The first-order chi connectivity index (χ1) is 15.4. The van der Waals surface area contributed by atoms with E-state index in [1.807, 2.05) is 32.0 Å². The lowest BCUT2D eigenvalue weighted by Crippen LogP contribution is -2.32. The van der Waals surface area contributed by atoms with E-state index in [2.05, 4.69) is 35.0 Å². The summed E-state index contributed by atoms with van der Waals surface area (Å²) in [5.74, 6) is -0.732. The Kier molecular flexibility index (Phi) is 4.91. The molecule has 6 nitrogen and oxygen atoms in total. The summed E-state index contributed by atoms with van der Waals surface area (Å²) in [7, 11) is 0. The summed E-state index contributed by atoms with van der Waals surface area (Å²) in [5, 5.41) is 13.5. The number of carbonyl (C=O) groups is 1. The van der Waals surface area contributed by atoms with Crippen molar-refractivity contribution in [1.82, 2.24) is 9.55 Å². The molecule has 0 saturated carbocycles. The standard InChI is InChI=1S/C23H15BrN2O4.C2H6/c1-10-15-8-26-18(7-14-16(22(26)28)9-30-23(29)21(14)27)20(15)25-17-5-3-11-2-4-12(24)6-13(11)19(10)17;1-2/h2-7,21,27H,8-9H2,1H3;1-2H3. The molecule has 1 N–H and O–H groups in total. The highest BCUT2D eigenvalue weighted by Crippen LogP contribution is 2.39. The Balaban J connectivity index is 0.00000105. The number of carbonyl (C=O) groups excluding carboxylic acids is 1. The normalized spacial score (nSPS) is 16.2. The van der Waals surface area contributed by atoms with Crippen LogP contribution in [0.2, 0.25) is 0 Å². The zero-order chi connectivity index (χ0) is 22.7. The maximum Gasteiger partial charge on any atom is 0.340 e. The number of aliphatic hydroxyl groups is 1. The van der Waals surface area contributed by atoms with Crippen LogP contribution < -0.4 is 5.56 Å². The van der Waals surface area contributed by atoms with E-state index >= 15 is 0 Å². The molecule has 1 unspecified atom stereocenters. The zero-order valence-electron chi connectivity index (χ0n) is 17.9. The third kappa shape index (κ3) is 2.84. The van der Waals surface area contributed by atoms with Crippen LogP contribution >= 0.6 is 15.9 Å². The zero-order valence-corrected chi connectivity index (χ0v) is 19.5. The summed E-state index contributed by atoms with van der Waals surface area (Å²) >= 11 is 3.56. The van der Waals surface area contributed by atoms with Crippen LogP contribution in [-0.4, -0.2) is 20.6 Å². The molecule has 2 aliphatic rings. The maximum absolute atomic E-state index is 13.1. The number of fused-ring (bicyclic) bond motifs is 7. The summed E-state index contributed by atoms with van der Waals surface area (Å²) < 4.78 is 7.61. The molecule has 0 saturated heterocycles. The highest BCUT2D eigenvalue weighted by Gasteiger charge is 2.34. The maximum atomic E-state index is 13.1. The van der Waals surface area contributed by atoms with Crippen molar-refractivity contribution in [3.8, 4) is 11.4 Å². The van der Waals surface area contributed by atoms with Crippen molar-refractivity contribution in [3.05, 3.63) is 73.5 Å². The lowest BCUT2D eigenvalue weighted by atomic mass is 9.96. The van der Waals surface area contributed by atoms with E-state index in [1.165, 1.54) is 0 Å². The van der Waals surface area contributed by atoms with Gasteiger partial charge in [-0.1, -0.05) is 41.9 Å². The molecule has 2 aliphatic heterocycles. The molecular formula is C25H21BrN2O4. The average Bonchev–Trinajstić information content (AvgIpc) is 3.17. The molecule has 2 aromatic carbocycles. The average molecular weight is 493 g/mol. The summed E-state index contributed by atoms with van der Waals surface area (Å²) in [6, 6.07) is 11.9. The van der Waals surface area contributed by atoms with Crippen LogP contribution in [0, 0.1) is 6.92 Å². The largest absolute Gasteiger partial charge is 0.458 e. The first-order valence-corrected chi connectivity index (χ1v) is 11.4. The van der Waals surface area contributed by atoms with E-state index in [1.54, 1.807) is 10.6 Å². The number of pyridine rings is 2. The molecule has 1 atom stereocenters. The molecule has 4 heterocycles. The van der Waals surface area contributed by atoms with Crippen LogP contribution in [-0.2, 0) is 22.7 Å². The molecule has 0 aliphatic carbocycles. The number of cyclic esters (lactones) is 1. The van der Waals surface area contributed by atoms with E-state index in [4.69, 9.17) is 9.72 Å². The van der Waals surface area contributed by atoms with Gasteiger partial charge < -0.3 is 14.4 Å². The number of aryl methyl sites for hydroxylation is 1. The van der Waals surface area contributed by atoms with Gasteiger partial charge in [0.1, 0.15) is 6.61 Å². The molecule has 0 amide bonds. The number of nitrogens with zero attached hydrogens (tertiary/aromatic N) is 2. The Morgan fingerprint density at radius 3 is 2.66 bits per heavy atom. The van der Waals surface area contributed by atoms with Gasteiger partial charge in [0.25, 0.3) is 5.56 Å². The second kappa shape index (κ2) is 7.53. The molecule has 4 aromatic rings. The van der Waals surface area contributed by atoms with Crippen molar-refractivity contribution in [3.63, 3.8) is 0 Å². The third-order valence-corrected chi connectivity index (χ3v) is 6.67. The lowest BCUT2D eigenvalue weighted by molar-refractivity contribution is -0.157. The van der Waals surface area contributed by atoms with Crippen molar-refractivity contribution in [2.45, 2.75) is 40.0 Å². The number of aromatic nitrogens is 2. The number of rotatable bonds is 0. The van der Waals surface area contributed by atoms with Gasteiger partial charge in [0, 0.05) is 21.0 Å². The van der Waals surface area contributed by atoms with E-state index < -0.39 is 12.1 Å². The van der Waals surface area contributed by atoms with Gasteiger partial charge in [-0.15, -0.1) is 0 Å². The van der Waals surface area contributed by atoms with Gasteiger partial charge in [0.2, 0.25) is 0 Å². The number of aliphatic hydroxyl groups excluding tert-OH is 1. The van der Waals surface area contributed by atoms with Crippen LogP contribution in [0.25, 0.3) is 33.1 Å². The van der Waals surface area contributed by atoms with Crippen LogP contribution in [0.5, 0.6) is 0 Å². The minimum absolute atomic E-state index is 0.117. The van der Waals surface area contributed by atoms with Crippen LogP contribution in [0.15, 0.2) is 45.7 Å². The van der Waals surface area contributed by atoms with Crippen LogP contribution in [0.4, 0.5) is 0 Å². The fourth-order valence-corrected chi connectivity index (χ4v) is 5.01. The first kappa shape index (κ1) is 20.8. The fourth-order valence-electron chi connectivity index (χ4n) is 4.65. The number of hydrogen-bond donors (Lipinski definition) is 1. The predicted octanol–water partition coefficient (Wildman–Crippen LogP) is 4.77. The van der Waals surface area contributed by atoms with E-state index in [9.17, 15) is 14.7 Å². The van der Waals surface area contributed by atoms with Gasteiger partial charge in [-0.2, -0.15) is 0 Å². The van der Waals surface area contributed by atoms with Crippen molar-refractivity contribution < 1.29 is 14.6 Å². The molecule has 0 fully saturated rings. The quantitative estimate of drug-likeness (QED) is 0.249. The summed E-state index contributed by atoms with van der Waals surface area (Å²) in [5.41, 5.74) is 4.65. The molecule has 2 aromatic heterocycles. The SMILES string of the molecule is CC.Cc1c2c(nc3ccc4ccc(Br)cc4c13)-c1cc3c(c(=O)n1C2)COC(=O)C3O. The molecular weight excluding hydrogens is 472 g/mol. The minimum Gasteiger partial charge on any atom is -0.458 e. The Morgan fingerprint density at radius 1 is 1.12 bits per heavy atom. The van der Waals surface area contributed by atoms with Crippen molar-refractivity contribution in [2.24, 2.45) is 0 Å². The van der Waals surface area contributed by atoms with Crippen molar-refractivity contribution >= 4 is 43.6 Å². The molecule has 32 heavy (non-hydrogen) atoms. The Morgan fingerprint density at radius 2 is 1.88 bits per heavy atom. The highest BCUT2D eigenvalue weighted by atomic mass is 79.9. The highest BCUT2D eigenvalue weighted by molar-refractivity contribution is 9.10. The second-order valence-corrected chi connectivity index (χ2v) is 8.67. The lowest BCUT2D eigenvalue weighted by Gasteiger charge is -2.21. The van der Waals surface area contributed by atoms with E-state index in [-0.39, 0.29) is 12.2 Å². The van der Waals surface area contributed by atoms with Gasteiger partial charge in [0.05, 0.1) is 29.0 Å². The number of benzene rings is 2. The van der Waals surface area contributed by atoms with E-state index in [0.29, 0.717) is 23.4 Å². The topological polar surface area (TPSA) is 81.4 Å². The molecule has 0 spiro atoms. The Labute approximate surface area is 192 Å².